The Balaban J connectivity index is 2.47. The van der Waals surface area contributed by atoms with Gasteiger partial charge in [-0.15, -0.1) is 0 Å². The molecule has 3 aromatic carbocycles. The predicted octanol–water partition coefficient (Wildman–Crippen LogP) is 5.42. The molecule has 0 N–H and O–H groups in total. The van der Waals surface area contributed by atoms with Crippen molar-refractivity contribution in [3.63, 3.8) is 0 Å². The van der Waals surface area contributed by atoms with E-state index in [0.29, 0.717) is 6.42 Å². The summed E-state index contributed by atoms with van der Waals surface area (Å²) < 4.78 is 12.3. The van der Waals surface area contributed by atoms with Gasteiger partial charge in [0.05, 0.1) is 5.41 Å². The molecule has 0 unspecified atom stereocenters. The largest absolute Gasteiger partial charge is 0.352 e. The molecule has 0 aliphatic carbocycles. The first-order chi connectivity index (χ1) is 12.7. The van der Waals surface area contributed by atoms with Gasteiger partial charge in [-0.1, -0.05) is 97.9 Å². The SMILES string of the molecule is CCC(OC)(OC)C(c1ccccc1)(c1ccccc1)c1ccccc1. The van der Waals surface area contributed by atoms with E-state index in [1.54, 1.807) is 14.2 Å². The zero-order valence-electron chi connectivity index (χ0n) is 15.7. The van der Waals surface area contributed by atoms with Gasteiger partial charge in [0.1, 0.15) is 0 Å². The molecule has 26 heavy (non-hydrogen) atoms. The minimum absolute atomic E-state index is 0.602. The van der Waals surface area contributed by atoms with Gasteiger partial charge in [-0.25, -0.2) is 0 Å². The van der Waals surface area contributed by atoms with Crippen LogP contribution in [0, 0.1) is 0 Å². The van der Waals surface area contributed by atoms with E-state index in [0.717, 1.165) is 16.7 Å². The van der Waals surface area contributed by atoms with Crippen molar-refractivity contribution in [2.45, 2.75) is 24.5 Å². The second-order valence-corrected chi connectivity index (χ2v) is 6.36. The molecule has 0 radical (unpaired) electrons. The maximum atomic E-state index is 6.14. The Bertz CT molecular complexity index is 688. The minimum atomic E-state index is -0.850. The lowest BCUT2D eigenvalue weighted by molar-refractivity contribution is -0.236. The second-order valence-electron chi connectivity index (χ2n) is 6.36. The molecule has 0 aliphatic heterocycles. The highest BCUT2D eigenvalue weighted by molar-refractivity contribution is 5.53. The summed E-state index contributed by atoms with van der Waals surface area (Å²) in [5.74, 6) is -0.850. The molecule has 0 aliphatic rings. The normalized spacial score (nSPS) is 12.1. The molecule has 0 bridgehead atoms. The topological polar surface area (TPSA) is 18.5 Å². The molecule has 0 heterocycles. The number of ether oxygens (including phenoxy) is 2. The third-order valence-corrected chi connectivity index (χ3v) is 5.32. The van der Waals surface area contributed by atoms with Gasteiger partial charge in [0.15, 0.2) is 5.79 Å². The molecule has 134 valence electrons. The van der Waals surface area contributed by atoms with Crippen LogP contribution in [0.2, 0.25) is 0 Å². The first kappa shape index (κ1) is 18.4. The van der Waals surface area contributed by atoms with E-state index in [9.17, 15) is 0 Å². The maximum absolute atomic E-state index is 6.14. The molecule has 0 fully saturated rings. The van der Waals surface area contributed by atoms with Crippen LogP contribution in [0.4, 0.5) is 0 Å². The van der Waals surface area contributed by atoms with Crippen LogP contribution in [-0.2, 0) is 14.9 Å². The van der Waals surface area contributed by atoms with Gasteiger partial charge in [0.25, 0.3) is 0 Å². The molecule has 0 spiro atoms. The number of hydrogen-bond donors (Lipinski definition) is 0. The lowest BCUT2D eigenvalue weighted by Gasteiger charge is -2.49. The number of hydrogen-bond acceptors (Lipinski definition) is 2. The van der Waals surface area contributed by atoms with E-state index in [1.165, 1.54) is 0 Å². The summed E-state index contributed by atoms with van der Waals surface area (Å²) in [4.78, 5) is 0. The highest BCUT2D eigenvalue weighted by Crippen LogP contribution is 2.50. The Labute approximate surface area is 156 Å². The van der Waals surface area contributed by atoms with Gasteiger partial charge in [-0.05, 0) is 16.7 Å². The van der Waals surface area contributed by atoms with Crippen molar-refractivity contribution >= 4 is 0 Å². The molecule has 3 aromatic rings. The van der Waals surface area contributed by atoms with Gasteiger partial charge in [-0.2, -0.15) is 0 Å². The molecular weight excluding hydrogens is 320 g/mol. The molecule has 2 nitrogen and oxygen atoms in total. The van der Waals surface area contributed by atoms with Crippen LogP contribution in [0.1, 0.15) is 30.0 Å². The molecule has 0 aromatic heterocycles. The zero-order valence-corrected chi connectivity index (χ0v) is 15.7. The molecule has 2 heteroatoms. The van der Waals surface area contributed by atoms with Gasteiger partial charge in [0.2, 0.25) is 0 Å². The summed E-state index contributed by atoms with van der Waals surface area (Å²) in [6, 6.07) is 31.5. The highest BCUT2D eigenvalue weighted by Gasteiger charge is 2.55. The number of methoxy groups -OCH3 is 2. The third kappa shape index (κ3) is 2.76. The molecule has 0 saturated heterocycles. The highest BCUT2D eigenvalue weighted by atomic mass is 16.7. The monoisotopic (exact) mass is 346 g/mol. The van der Waals surface area contributed by atoms with E-state index in [1.807, 2.05) is 18.2 Å². The van der Waals surface area contributed by atoms with Crippen molar-refractivity contribution in [2.75, 3.05) is 14.2 Å². The van der Waals surface area contributed by atoms with Crippen molar-refractivity contribution in [1.29, 1.82) is 0 Å². The Morgan fingerprint density at radius 3 is 1.12 bits per heavy atom. The van der Waals surface area contributed by atoms with Gasteiger partial charge in [-0.3, -0.25) is 0 Å². The fourth-order valence-corrected chi connectivity index (χ4v) is 4.17. The van der Waals surface area contributed by atoms with Crippen molar-refractivity contribution in [1.82, 2.24) is 0 Å². The van der Waals surface area contributed by atoms with Crippen LogP contribution in [0.5, 0.6) is 0 Å². The van der Waals surface area contributed by atoms with Crippen molar-refractivity contribution < 1.29 is 9.47 Å². The molecule has 0 amide bonds. The fraction of sp³-hybridized carbons (Fsp3) is 0.250. The minimum Gasteiger partial charge on any atom is -0.352 e. The summed E-state index contributed by atoms with van der Waals surface area (Å²) in [6.07, 6.45) is 0.693. The Hall–Kier alpha value is -2.42. The van der Waals surface area contributed by atoms with Gasteiger partial charge in [0, 0.05) is 20.6 Å². The predicted molar refractivity (Wildman–Crippen MR) is 106 cm³/mol. The second kappa shape index (κ2) is 7.86. The van der Waals surface area contributed by atoms with Crippen LogP contribution in [-0.4, -0.2) is 20.0 Å². The summed E-state index contributed by atoms with van der Waals surface area (Å²) >= 11 is 0. The molecular formula is C24H26O2. The standard InChI is InChI=1S/C24H26O2/c1-4-23(25-2,26-3)24(20-14-8-5-9-15-20,21-16-10-6-11-17-21)22-18-12-7-13-19-22/h5-19H,4H2,1-3H3. The molecule has 0 saturated carbocycles. The van der Waals surface area contributed by atoms with E-state index in [-0.39, 0.29) is 0 Å². The Kier molecular flexibility index (Phi) is 5.55. The number of rotatable bonds is 7. The smallest absolute Gasteiger partial charge is 0.185 e. The summed E-state index contributed by atoms with van der Waals surface area (Å²) in [7, 11) is 3.47. The Morgan fingerprint density at radius 1 is 0.577 bits per heavy atom. The number of benzene rings is 3. The average molecular weight is 346 g/mol. The van der Waals surface area contributed by atoms with Gasteiger partial charge < -0.3 is 9.47 Å². The molecule has 3 rings (SSSR count). The summed E-state index contributed by atoms with van der Waals surface area (Å²) in [6.45, 7) is 2.11. The summed E-state index contributed by atoms with van der Waals surface area (Å²) in [5, 5.41) is 0. The van der Waals surface area contributed by atoms with Crippen LogP contribution in [0.15, 0.2) is 91.0 Å². The van der Waals surface area contributed by atoms with Crippen LogP contribution in [0.3, 0.4) is 0 Å². The fourth-order valence-electron chi connectivity index (χ4n) is 4.17. The zero-order chi connectivity index (χ0) is 18.5. The first-order valence-electron chi connectivity index (χ1n) is 9.02. The van der Waals surface area contributed by atoms with E-state index < -0.39 is 11.2 Å². The third-order valence-electron chi connectivity index (χ3n) is 5.32. The van der Waals surface area contributed by atoms with E-state index in [2.05, 4.69) is 79.7 Å². The van der Waals surface area contributed by atoms with Crippen molar-refractivity contribution in [3.8, 4) is 0 Å². The van der Waals surface area contributed by atoms with E-state index >= 15 is 0 Å². The average Bonchev–Trinajstić information content (AvgIpc) is 2.74. The molecule has 0 atom stereocenters. The van der Waals surface area contributed by atoms with E-state index in [4.69, 9.17) is 9.47 Å². The lowest BCUT2D eigenvalue weighted by Crippen LogP contribution is -2.55. The van der Waals surface area contributed by atoms with Crippen LogP contribution >= 0.6 is 0 Å². The van der Waals surface area contributed by atoms with Crippen LogP contribution < -0.4 is 0 Å². The van der Waals surface area contributed by atoms with Gasteiger partial charge >= 0.3 is 0 Å². The first-order valence-corrected chi connectivity index (χ1v) is 9.02. The van der Waals surface area contributed by atoms with Crippen molar-refractivity contribution in [2.24, 2.45) is 0 Å². The quantitative estimate of drug-likeness (QED) is 0.420. The lowest BCUT2D eigenvalue weighted by atomic mass is 9.63. The van der Waals surface area contributed by atoms with Crippen LogP contribution in [0.25, 0.3) is 0 Å². The Morgan fingerprint density at radius 2 is 0.885 bits per heavy atom. The van der Waals surface area contributed by atoms with Crippen molar-refractivity contribution in [3.05, 3.63) is 108 Å². The summed E-state index contributed by atoms with van der Waals surface area (Å²) in [5.41, 5.74) is 2.82. The maximum Gasteiger partial charge on any atom is 0.185 e.